The second-order valence-corrected chi connectivity index (χ2v) is 9.90. The van der Waals surface area contributed by atoms with Crippen LogP contribution in [-0.4, -0.2) is 51.2 Å². The van der Waals surface area contributed by atoms with Gasteiger partial charge in [0.1, 0.15) is 16.7 Å². The highest BCUT2D eigenvalue weighted by Gasteiger charge is 2.23. The van der Waals surface area contributed by atoms with Gasteiger partial charge < -0.3 is 10.2 Å². The molecule has 0 bridgehead atoms. The monoisotopic (exact) mass is 472 g/mol. The SMILES string of the molecule is CC1CCN(Cc2ccc(Nc3nc(N4CCC(CC#N)CC4)nc4cn[nH]c(=O)c34)cc2)CC1. The number of nitrogens with one attached hydrogen (secondary N) is 2. The predicted molar refractivity (Wildman–Crippen MR) is 137 cm³/mol. The highest BCUT2D eigenvalue weighted by Crippen LogP contribution is 2.28. The largest absolute Gasteiger partial charge is 0.341 e. The van der Waals surface area contributed by atoms with Crippen LogP contribution < -0.4 is 15.8 Å². The molecule has 35 heavy (non-hydrogen) atoms. The van der Waals surface area contributed by atoms with E-state index < -0.39 is 0 Å². The minimum atomic E-state index is -0.319. The number of aromatic amines is 1. The smallest absolute Gasteiger partial charge is 0.277 e. The number of fused-ring (bicyclic) bond motifs is 1. The molecular formula is C26H32N8O. The molecule has 2 aliphatic rings. The molecule has 3 aromatic rings. The molecule has 5 rings (SSSR count). The Kier molecular flexibility index (Phi) is 6.91. The molecule has 2 N–H and O–H groups in total. The number of nitrogens with zero attached hydrogens (tertiary/aromatic N) is 6. The summed E-state index contributed by atoms with van der Waals surface area (Å²) in [4.78, 5) is 26.6. The average molecular weight is 473 g/mol. The number of hydrogen-bond acceptors (Lipinski definition) is 8. The average Bonchev–Trinajstić information content (AvgIpc) is 2.87. The van der Waals surface area contributed by atoms with Gasteiger partial charge in [-0.2, -0.15) is 15.3 Å². The van der Waals surface area contributed by atoms with Gasteiger partial charge in [-0.3, -0.25) is 9.69 Å². The van der Waals surface area contributed by atoms with E-state index in [4.69, 9.17) is 10.2 Å². The number of rotatable bonds is 6. The Morgan fingerprint density at radius 3 is 2.54 bits per heavy atom. The van der Waals surface area contributed by atoms with Crippen molar-refractivity contribution >= 4 is 28.4 Å². The molecule has 9 nitrogen and oxygen atoms in total. The molecule has 0 aliphatic carbocycles. The molecule has 0 spiro atoms. The lowest BCUT2D eigenvalue weighted by atomic mass is 9.94. The molecule has 0 atom stereocenters. The lowest BCUT2D eigenvalue weighted by molar-refractivity contribution is 0.185. The van der Waals surface area contributed by atoms with Gasteiger partial charge in [0.15, 0.2) is 0 Å². The number of anilines is 3. The predicted octanol–water partition coefficient (Wildman–Crippen LogP) is 3.82. The standard InChI is InChI=1S/C26H32N8O/c1-18-7-12-33(13-8-18)17-20-2-4-21(5-3-20)29-24-23-22(16-28-32-25(23)35)30-26(31-24)34-14-9-19(6-11-27)10-15-34/h2-5,16,18-19H,6-10,12-15,17H2,1H3,(H,32,35)(H,29,30,31). The van der Waals surface area contributed by atoms with E-state index in [1.54, 1.807) is 6.20 Å². The van der Waals surface area contributed by atoms with Crippen LogP contribution in [0.2, 0.25) is 0 Å². The fourth-order valence-electron chi connectivity index (χ4n) is 5.00. The highest BCUT2D eigenvalue weighted by molar-refractivity contribution is 5.90. The Morgan fingerprint density at radius 1 is 1.09 bits per heavy atom. The van der Waals surface area contributed by atoms with Crippen LogP contribution in [0.4, 0.5) is 17.5 Å². The Bertz CT molecular complexity index is 1250. The van der Waals surface area contributed by atoms with Crippen molar-refractivity contribution < 1.29 is 0 Å². The summed E-state index contributed by atoms with van der Waals surface area (Å²) >= 11 is 0. The third-order valence-corrected chi connectivity index (χ3v) is 7.28. The second kappa shape index (κ2) is 10.4. The summed E-state index contributed by atoms with van der Waals surface area (Å²) in [6, 6.07) is 10.6. The van der Waals surface area contributed by atoms with E-state index in [1.807, 2.05) is 12.1 Å². The molecular weight excluding hydrogens is 440 g/mol. The zero-order chi connectivity index (χ0) is 24.2. The highest BCUT2D eigenvalue weighted by atomic mass is 16.1. The first-order valence-corrected chi connectivity index (χ1v) is 12.5. The summed E-state index contributed by atoms with van der Waals surface area (Å²) in [5.74, 6) is 2.31. The number of nitriles is 1. The van der Waals surface area contributed by atoms with Crippen LogP contribution in [0.15, 0.2) is 35.3 Å². The van der Waals surface area contributed by atoms with Gasteiger partial charge in [-0.25, -0.2) is 10.1 Å². The molecule has 0 radical (unpaired) electrons. The maximum absolute atomic E-state index is 12.6. The molecule has 0 amide bonds. The van der Waals surface area contributed by atoms with Crippen molar-refractivity contribution in [2.45, 2.75) is 45.6 Å². The zero-order valence-corrected chi connectivity index (χ0v) is 20.2. The molecule has 0 unspecified atom stereocenters. The van der Waals surface area contributed by atoms with E-state index in [0.717, 1.165) is 57.2 Å². The third kappa shape index (κ3) is 5.43. The van der Waals surface area contributed by atoms with E-state index in [1.165, 1.54) is 18.4 Å². The lowest BCUT2D eigenvalue weighted by Gasteiger charge is -2.31. The number of benzene rings is 1. The van der Waals surface area contributed by atoms with Crippen molar-refractivity contribution in [3.63, 3.8) is 0 Å². The minimum Gasteiger partial charge on any atom is -0.341 e. The Morgan fingerprint density at radius 2 is 1.83 bits per heavy atom. The summed E-state index contributed by atoms with van der Waals surface area (Å²) in [6.07, 6.45) is 6.55. The van der Waals surface area contributed by atoms with Crippen molar-refractivity contribution in [1.29, 1.82) is 5.26 Å². The second-order valence-electron chi connectivity index (χ2n) is 9.90. The van der Waals surface area contributed by atoms with Gasteiger partial charge in [-0.15, -0.1) is 0 Å². The van der Waals surface area contributed by atoms with E-state index in [0.29, 0.717) is 35.0 Å². The van der Waals surface area contributed by atoms with Gasteiger partial charge in [0.05, 0.1) is 12.3 Å². The van der Waals surface area contributed by atoms with Crippen LogP contribution in [0, 0.1) is 23.2 Å². The Labute approximate surface area is 205 Å². The van der Waals surface area contributed by atoms with E-state index >= 15 is 0 Å². The van der Waals surface area contributed by atoms with E-state index in [2.05, 4.69) is 55.4 Å². The molecule has 9 heteroatoms. The lowest BCUT2D eigenvalue weighted by Crippen LogP contribution is -2.35. The first kappa shape index (κ1) is 23.2. The van der Waals surface area contributed by atoms with Crippen LogP contribution >= 0.6 is 0 Å². The zero-order valence-electron chi connectivity index (χ0n) is 20.2. The molecule has 182 valence electrons. The van der Waals surface area contributed by atoms with Crippen molar-refractivity contribution in [2.75, 3.05) is 36.4 Å². The number of H-pyrrole nitrogens is 1. The normalized spacial score (nSPS) is 18.0. The summed E-state index contributed by atoms with van der Waals surface area (Å²) < 4.78 is 0. The fourth-order valence-corrected chi connectivity index (χ4v) is 5.00. The maximum Gasteiger partial charge on any atom is 0.277 e. The minimum absolute atomic E-state index is 0.319. The van der Waals surface area contributed by atoms with Crippen molar-refractivity contribution in [3.8, 4) is 6.07 Å². The number of aromatic nitrogens is 4. The van der Waals surface area contributed by atoms with Crippen molar-refractivity contribution in [2.24, 2.45) is 11.8 Å². The van der Waals surface area contributed by atoms with Crippen LogP contribution in [-0.2, 0) is 6.54 Å². The Hall–Kier alpha value is -3.51. The molecule has 2 aliphatic heterocycles. The summed E-state index contributed by atoms with van der Waals surface area (Å²) in [6.45, 7) is 7.18. The van der Waals surface area contributed by atoms with Gasteiger partial charge in [0.2, 0.25) is 5.95 Å². The molecule has 4 heterocycles. The van der Waals surface area contributed by atoms with Gasteiger partial charge in [-0.1, -0.05) is 19.1 Å². The fraction of sp³-hybridized carbons (Fsp3) is 0.500. The van der Waals surface area contributed by atoms with Gasteiger partial charge in [0, 0.05) is 31.7 Å². The van der Waals surface area contributed by atoms with Gasteiger partial charge in [0.25, 0.3) is 5.56 Å². The molecule has 0 saturated carbocycles. The van der Waals surface area contributed by atoms with Gasteiger partial charge in [-0.05, 0) is 68.3 Å². The van der Waals surface area contributed by atoms with Crippen LogP contribution in [0.5, 0.6) is 0 Å². The molecule has 2 fully saturated rings. The quantitative estimate of drug-likeness (QED) is 0.557. The van der Waals surface area contributed by atoms with Crippen molar-refractivity contribution in [1.82, 2.24) is 25.1 Å². The first-order chi connectivity index (χ1) is 17.1. The third-order valence-electron chi connectivity index (χ3n) is 7.28. The van der Waals surface area contributed by atoms with Crippen LogP contribution in [0.3, 0.4) is 0 Å². The van der Waals surface area contributed by atoms with E-state index in [9.17, 15) is 4.79 Å². The summed E-state index contributed by atoms with van der Waals surface area (Å²) in [5.41, 5.74) is 2.34. The maximum atomic E-state index is 12.6. The number of hydrogen-bond donors (Lipinski definition) is 2. The molecule has 1 aromatic carbocycles. The first-order valence-electron chi connectivity index (χ1n) is 12.5. The van der Waals surface area contributed by atoms with Crippen molar-refractivity contribution in [3.05, 3.63) is 46.4 Å². The van der Waals surface area contributed by atoms with Crippen LogP contribution in [0.1, 0.15) is 44.6 Å². The van der Waals surface area contributed by atoms with Crippen LogP contribution in [0.25, 0.3) is 10.9 Å². The number of piperidine rings is 2. The number of likely N-dealkylation sites (tertiary alicyclic amines) is 1. The van der Waals surface area contributed by atoms with E-state index in [-0.39, 0.29) is 5.56 Å². The molecule has 2 saturated heterocycles. The molecule has 2 aromatic heterocycles. The topological polar surface area (TPSA) is 114 Å². The van der Waals surface area contributed by atoms with Gasteiger partial charge >= 0.3 is 0 Å². The Balaban J connectivity index is 1.35. The summed E-state index contributed by atoms with van der Waals surface area (Å²) in [7, 11) is 0. The summed E-state index contributed by atoms with van der Waals surface area (Å²) in [5, 5.41) is 19.2.